The number of carbonyl (C=O) groups excluding carboxylic acids is 1. The van der Waals surface area contributed by atoms with Gasteiger partial charge in [0.1, 0.15) is 6.33 Å². The van der Waals surface area contributed by atoms with Gasteiger partial charge in [0.15, 0.2) is 0 Å². The zero-order valence-corrected chi connectivity index (χ0v) is 11.5. The highest BCUT2D eigenvalue weighted by Crippen LogP contribution is 2.09. The zero-order valence-electron chi connectivity index (χ0n) is 11.5. The normalized spacial score (nSPS) is 10.5. The summed E-state index contributed by atoms with van der Waals surface area (Å²) in [5, 5.41) is 2.84. The van der Waals surface area contributed by atoms with Gasteiger partial charge in [0.05, 0.1) is 11.0 Å². The molecule has 3 aromatic rings. The van der Waals surface area contributed by atoms with E-state index in [1.807, 2.05) is 54.6 Å². The van der Waals surface area contributed by atoms with Crippen LogP contribution in [0.4, 0.5) is 4.79 Å². The Bertz CT molecular complexity index is 736. The molecule has 0 saturated carbocycles. The summed E-state index contributed by atoms with van der Waals surface area (Å²) in [6.45, 7) is 0.586. The largest absolute Gasteiger partial charge is 0.336 e. The molecule has 2 amide bonds. The van der Waals surface area contributed by atoms with E-state index in [0.29, 0.717) is 6.54 Å². The van der Waals surface area contributed by atoms with E-state index >= 15 is 0 Å². The minimum Gasteiger partial charge on any atom is -0.336 e. The fourth-order valence-corrected chi connectivity index (χ4v) is 2.16. The number of carbonyl (C=O) groups is 1. The number of para-hydroxylation sites is 2. The molecule has 0 bridgehead atoms. The zero-order chi connectivity index (χ0) is 14.5. The molecule has 0 spiro atoms. The average molecular weight is 280 g/mol. The first-order valence-corrected chi connectivity index (χ1v) is 6.84. The molecule has 2 N–H and O–H groups in total. The molecule has 0 saturated heterocycles. The van der Waals surface area contributed by atoms with Crippen LogP contribution < -0.4 is 10.7 Å². The Kier molecular flexibility index (Phi) is 3.82. The van der Waals surface area contributed by atoms with Gasteiger partial charge in [-0.05, 0) is 24.1 Å². The fourth-order valence-electron chi connectivity index (χ4n) is 2.16. The molecule has 0 radical (unpaired) electrons. The van der Waals surface area contributed by atoms with Crippen molar-refractivity contribution in [2.24, 2.45) is 0 Å². The van der Waals surface area contributed by atoms with Crippen molar-refractivity contribution >= 4 is 17.1 Å². The summed E-state index contributed by atoms with van der Waals surface area (Å²) in [6.07, 6.45) is 2.40. The van der Waals surface area contributed by atoms with E-state index in [1.54, 1.807) is 11.0 Å². The first-order valence-electron chi connectivity index (χ1n) is 6.84. The lowest BCUT2D eigenvalue weighted by Gasteiger charge is -2.09. The molecule has 3 rings (SSSR count). The predicted octanol–water partition coefficient (Wildman–Crippen LogP) is 2.53. The summed E-state index contributed by atoms with van der Waals surface area (Å²) in [6, 6.07) is 17.5. The molecule has 0 aliphatic carbocycles. The smallest absolute Gasteiger partial charge is 0.333 e. The number of urea groups is 1. The number of rotatable bonds is 4. The van der Waals surface area contributed by atoms with Crippen LogP contribution in [0.1, 0.15) is 5.56 Å². The number of nitrogens with zero attached hydrogens (tertiary/aromatic N) is 2. The maximum Gasteiger partial charge on any atom is 0.333 e. The van der Waals surface area contributed by atoms with E-state index in [-0.39, 0.29) is 6.03 Å². The number of nitrogens with one attached hydrogen (secondary N) is 2. The molecule has 5 nitrogen and oxygen atoms in total. The van der Waals surface area contributed by atoms with Gasteiger partial charge in [-0.15, -0.1) is 0 Å². The van der Waals surface area contributed by atoms with Crippen LogP contribution in [-0.2, 0) is 6.42 Å². The standard InChI is InChI=1S/C16H16N4O/c21-16(17-11-10-13-6-2-1-3-7-13)19-20-12-18-14-8-4-5-9-15(14)20/h1-9,12H,10-11H2,(H2,17,19,21). The van der Waals surface area contributed by atoms with Crippen molar-refractivity contribution in [3.8, 4) is 0 Å². The van der Waals surface area contributed by atoms with Crippen LogP contribution >= 0.6 is 0 Å². The second-order valence-electron chi connectivity index (χ2n) is 4.71. The van der Waals surface area contributed by atoms with E-state index in [9.17, 15) is 4.79 Å². The minimum atomic E-state index is -0.242. The van der Waals surface area contributed by atoms with Crippen molar-refractivity contribution in [3.63, 3.8) is 0 Å². The van der Waals surface area contributed by atoms with Crippen molar-refractivity contribution in [2.45, 2.75) is 6.42 Å². The molecular weight excluding hydrogens is 264 g/mol. The monoisotopic (exact) mass is 280 g/mol. The topological polar surface area (TPSA) is 59.0 Å². The summed E-state index contributed by atoms with van der Waals surface area (Å²) in [5.41, 5.74) is 5.68. The number of fused-ring (bicyclic) bond motifs is 1. The highest BCUT2D eigenvalue weighted by atomic mass is 16.2. The molecule has 106 valence electrons. The first kappa shape index (κ1) is 13.2. The fraction of sp³-hybridized carbons (Fsp3) is 0.125. The van der Waals surface area contributed by atoms with Crippen LogP contribution in [0.5, 0.6) is 0 Å². The maximum atomic E-state index is 11.9. The Labute approximate surface area is 122 Å². The van der Waals surface area contributed by atoms with Crippen molar-refractivity contribution in [1.29, 1.82) is 0 Å². The number of hydrogen-bond donors (Lipinski definition) is 2. The lowest BCUT2D eigenvalue weighted by atomic mass is 10.1. The van der Waals surface area contributed by atoms with Crippen LogP contribution in [0, 0.1) is 0 Å². The molecule has 1 aromatic heterocycles. The Morgan fingerprint density at radius 3 is 2.67 bits per heavy atom. The molecule has 0 aliphatic heterocycles. The van der Waals surface area contributed by atoms with Crippen molar-refractivity contribution < 1.29 is 4.79 Å². The quantitative estimate of drug-likeness (QED) is 0.771. The van der Waals surface area contributed by atoms with Gasteiger partial charge in [0, 0.05) is 6.54 Å². The second kappa shape index (κ2) is 6.09. The number of amides is 2. The predicted molar refractivity (Wildman–Crippen MR) is 82.6 cm³/mol. The lowest BCUT2D eigenvalue weighted by molar-refractivity contribution is 0.250. The molecular formula is C16H16N4O. The van der Waals surface area contributed by atoms with E-state index in [0.717, 1.165) is 17.5 Å². The van der Waals surface area contributed by atoms with Gasteiger partial charge in [0.2, 0.25) is 0 Å². The average Bonchev–Trinajstić information content (AvgIpc) is 2.92. The van der Waals surface area contributed by atoms with Gasteiger partial charge in [0.25, 0.3) is 0 Å². The lowest BCUT2D eigenvalue weighted by Crippen LogP contribution is -2.35. The molecule has 2 aromatic carbocycles. The van der Waals surface area contributed by atoms with Crippen LogP contribution in [0.2, 0.25) is 0 Å². The third-order valence-corrected chi connectivity index (χ3v) is 3.22. The van der Waals surface area contributed by atoms with Crippen LogP contribution in [-0.4, -0.2) is 22.2 Å². The Morgan fingerprint density at radius 2 is 1.81 bits per heavy atom. The van der Waals surface area contributed by atoms with Gasteiger partial charge < -0.3 is 5.32 Å². The Hall–Kier alpha value is -2.82. The molecule has 5 heteroatoms. The molecule has 0 atom stereocenters. The maximum absolute atomic E-state index is 11.9. The van der Waals surface area contributed by atoms with Gasteiger partial charge in [-0.2, -0.15) is 0 Å². The highest BCUT2D eigenvalue weighted by Gasteiger charge is 2.04. The second-order valence-corrected chi connectivity index (χ2v) is 4.71. The summed E-state index contributed by atoms with van der Waals surface area (Å²) < 4.78 is 1.62. The summed E-state index contributed by atoms with van der Waals surface area (Å²) in [7, 11) is 0. The van der Waals surface area contributed by atoms with Gasteiger partial charge in [-0.3, -0.25) is 0 Å². The third kappa shape index (κ3) is 3.20. The summed E-state index contributed by atoms with van der Waals surface area (Å²) in [4.78, 5) is 16.1. The Morgan fingerprint density at radius 1 is 1.05 bits per heavy atom. The number of aromatic nitrogens is 2. The van der Waals surface area contributed by atoms with E-state index in [2.05, 4.69) is 15.7 Å². The van der Waals surface area contributed by atoms with Gasteiger partial charge in [-0.25, -0.2) is 19.9 Å². The summed E-state index contributed by atoms with van der Waals surface area (Å²) in [5.74, 6) is 0. The summed E-state index contributed by atoms with van der Waals surface area (Å²) >= 11 is 0. The molecule has 21 heavy (non-hydrogen) atoms. The molecule has 0 unspecified atom stereocenters. The van der Waals surface area contributed by atoms with E-state index < -0.39 is 0 Å². The third-order valence-electron chi connectivity index (χ3n) is 3.22. The van der Waals surface area contributed by atoms with Crippen LogP contribution in [0.15, 0.2) is 60.9 Å². The van der Waals surface area contributed by atoms with Crippen molar-refractivity contribution in [1.82, 2.24) is 15.0 Å². The van der Waals surface area contributed by atoms with Crippen LogP contribution in [0.25, 0.3) is 11.0 Å². The molecule has 1 heterocycles. The Balaban J connectivity index is 1.55. The van der Waals surface area contributed by atoms with Crippen LogP contribution in [0.3, 0.4) is 0 Å². The first-order chi connectivity index (χ1) is 10.3. The number of hydrogen-bond acceptors (Lipinski definition) is 2. The highest BCUT2D eigenvalue weighted by molar-refractivity contribution is 5.85. The number of imidazole rings is 1. The number of benzene rings is 2. The molecule has 0 aliphatic rings. The van der Waals surface area contributed by atoms with E-state index in [4.69, 9.17) is 0 Å². The SMILES string of the molecule is O=C(NCCc1ccccc1)Nn1cnc2ccccc21. The molecule has 0 fully saturated rings. The van der Waals surface area contributed by atoms with Crippen molar-refractivity contribution in [2.75, 3.05) is 12.0 Å². The van der Waals surface area contributed by atoms with Gasteiger partial charge in [-0.1, -0.05) is 42.5 Å². The van der Waals surface area contributed by atoms with Crippen molar-refractivity contribution in [3.05, 3.63) is 66.5 Å². The van der Waals surface area contributed by atoms with Gasteiger partial charge >= 0.3 is 6.03 Å². The minimum absolute atomic E-state index is 0.242. The van der Waals surface area contributed by atoms with E-state index in [1.165, 1.54) is 5.56 Å².